The summed E-state index contributed by atoms with van der Waals surface area (Å²) in [7, 11) is 0. The second-order valence-corrected chi connectivity index (χ2v) is 7.75. The second kappa shape index (κ2) is 10.0. The number of carbonyl (C=O) groups excluding carboxylic acids is 2. The molecule has 4 rings (SSSR count). The number of fused-ring (bicyclic) bond motifs is 1. The maximum atomic E-state index is 12.5. The van der Waals surface area contributed by atoms with Crippen molar-refractivity contribution in [2.75, 3.05) is 30.0 Å². The number of nitrogens with one attached hydrogen (secondary N) is 1. The molecule has 0 fully saturated rings. The Morgan fingerprint density at radius 3 is 2.72 bits per heavy atom. The van der Waals surface area contributed by atoms with Crippen molar-refractivity contribution in [3.8, 4) is 11.5 Å². The van der Waals surface area contributed by atoms with Crippen molar-refractivity contribution >= 4 is 23.2 Å². The van der Waals surface area contributed by atoms with Crippen LogP contribution in [0.15, 0.2) is 72.8 Å². The zero-order valence-electron chi connectivity index (χ0n) is 18.0. The van der Waals surface area contributed by atoms with Crippen LogP contribution in [0.25, 0.3) is 0 Å². The van der Waals surface area contributed by atoms with Gasteiger partial charge in [0.1, 0.15) is 11.5 Å². The molecule has 32 heavy (non-hydrogen) atoms. The normalized spacial score (nSPS) is 12.7. The van der Waals surface area contributed by atoms with Gasteiger partial charge in [0.25, 0.3) is 5.91 Å². The maximum Gasteiger partial charge on any atom is 0.265 e. The zero-order chi connectivity index (χ0) is 22.3. The molecule has 0 aromatic heterocycles. The van der Waals surface area contributed by atoms with E-state index in [2.05, 4.69) is 5.32 Å². The fourth-order valence-corrected chi connectivity index (χ4v) is 3.63. The third kappa shape index (κ3) is 5.46. The van der Waals surface area contributed by atoms with Gasteiger partial charge in [-0.1, -0.05) is 42.5 Å². The van der Waals surface area contributed by atoms with Gasteiger partial charge in [0, 0.05) is 12.2 Å². The Morgan fingerprint density at radius 2 is 1.91 bits per heavy atom. The number of ether oxygens (including phenoxy) is 2. The molecular weight excluding hydrogens is 404 g/mol. The van der Waals surface area contributed by atoms with E-state index in [0.29, 0.717) is 36.7 Å². The van der Waals surface area contributed by atoms with Gasteiger partial charge in [-0.3, -0.25) is 9.59 Å². The molecule has 164 valence electrons. The minimum atomic E-state index is -0.114. The van der Waals surface area contributed by atoms with E-state index in [-0.39, 0.29) is 24.8 Å². The van der Waals surface area contributed by atoms with E-state index in [9.17, 15) is 9.59 Å². The molecule has 6 nitrogen and oxygen atoms in total. The summed E-state index contributed by atoms with van der Waals surface area (Å²) in [5, 5.41) is 2.91. The molecule has 0 unspecified atom stereocenters. The minimum Gasteiger partial charge on any atom is -0.494 e. The van der Waals surface area contributed by atoms with Crippen LogP contribution in [-0.2, 0) is 16.0 Å². The average Bonchev–Trinajstić information content (AvgIpc) is 2.78. The van der Waals surface area contributed by atoms with Gasteiger partial charge in [-0.25, -0.2) is 0 Å². The first-order valence-electron chi connectivity index (χ1n) is 10.7. The van der Waals surface area contributed by atoms with Crippen LogP contribution in [0.3, 0.4) is 0 Å². The second-order valence-electron chi connectivity index (χ2n) is 7.75. The summed E-state index contributed by atoms with van der Waals surface area (Å²) in [6, 6.07) is 22.8. The van der Waals surface area contributed by atoms with Crippen LogP contribution >= 0.6 is 0 Å². The van der Waals surface area contributed by atoms with Gasteiger partial charge in [0.05, 0.1) is 18.7 Å². The van der Waals surface area contributed by atoms with E-state index in [4.69, 9.17) is 9.47 Å². The van der Waals surface area contributed by atoms with Crippen LogP contribution in [0, 0.1) is 6.92 Å². The van der Waals surface area contributed by atoms with E-state index < -0.39 is 0 Å². The van der Waals surface area contributed by atoms with Crippen molar-refractivity contribution in [1.29, 1.82) is 0 Å². The number of hydrogen-bond donors (Lipinski definition) is 1. The predicted octanol–water partition coefficient (Wildman–Crippen LogP) is 4.37. The quantitative estimate of drug-likeness (QED) is 0.539. The van der Waals surface area contributed by atoms with Crippen LogP contribution in [0.5, 0.6) is 11.5 Å². The van der Waals surface area contributed by atoms with Gasteiger partial charge in [0.15, 0.2) is 6.61 Å². The highest BCUT2D eigenvalue weighted by atomic mass is 16.5. The standard InChI is InChI=1S/C26H26N2O4/c1-19-7-5-10-22(15-19)31-14-6-13-28-23-17-21(11-12-24(23)32-18-26(28)30)27-25(29)16-20-8-3-2-4-9-20/h2-5,7-12,15,17H,6,13-14,16,18H2,1H3,(H,27,29). The number of nitrogens with zero attached hydrogens (tertiary/aromatic N) is 1. The molecule has 3 aromatic carbocycles. The smallest absolute Gasteiger partial charge is 0.265 e. The number of rotatable bonds is 8. The Bertz CT molecular complexity index is 1100. The van der Waals surface area contributed by atoms with Gasteiger partial charge in [-0.2, -0.15) is 0 Å². The summed E-state index contributed by atoms with van der Waals surface area (Å²) >= 11 is 0. The third-order valence-electron chi connectivity index (χ3n) is 5.18. The summed E-state index contributed by atoms with van der Waals surface area (Å²) in [6.45, 7) is 3.03. The molecular formula is C26H26N2O4. The van der Waals surface area contributed by atoms with Crippen molar-refractivity contribution in [1.82, 2.24) is 0 Å². The Balaban J connectivity index is 1.38. The number of carbonyl (C=O) groups is 2. The fourth-order valence-electron chi connectivity index (χ4n) is 3.63. The summed E-state index contributed by atoms with van der Waals surface area (Å²) in [6.07, 6.45) is 0.955. The Kier molecular flexibility index (Phi) is 6.70. The first-order chi connectivity index (χ1) is 15.6. The van der Waals surface area contributed by atoms with E-state index >= 15 is 0 Å². The zero-order valence-corrected chi connectivity index (χ0v) is 18.0. The summed E-state index contributed by atoms with van der Waals surface area (Å²) in [5.74, 6) is 1.23. The molecule has 0 radical (unpaired) electrons. The minimum absolute atomic E-state index is 0.00541. The molecule has 0 bridgehead atoms. The van der Waals surface area contributed by atoms with Gasteiger partial charge in [0.2, 0.25) is 5.91 Å². The first kappa shape index (κ1) is 21.4. The molecule has 1 aliphatic rings. The summed E-state index contributed by atoms with van der Waals surface area (Å²) < 4.78 is 11.4. The lowest BCUT2D eigenvalue weighted by Crippen LogP contribution is -2.39. The molecule has 1 N–H and O–H groups in total. The van der Waals surface area contributed by atoms with Gasteiger partial charge in [-0.05, 0) is 54.8 Å². The monoisotopic (exact) mass is 430 g/mol. The van der Waals surface area contributed by atoms with Crippen LogP contribution in [0.4, 0.5) is 11.4 Å². The number of hydrogen-bond acceptors (Lipinski definition) is 4. The maximum absolute atomic E-state index is 12.5. The van der Waals surface area contributed by atoms with Gasteiger partial charge in [-0.15, -0.1) is 0 Å². The summed E-state index contributed by atoms with van der Waals surface area (Å²) in [5.41, 5.74) is 3.37. The van der Waals surface area contributed by atoms with Crippen molar-refractivity contribution in [3.63, 3.8) is 0 Å². The molecule has 1 heterocycles. The average molecular weight is 431 g/mol. The highest BCUT2D eigenvalue weighted by molar-refractivity contribution is 5.99. The fraction of sp³-hybridized carbons (Fsp3) is 0.231. The van der Waals surface area contributed by atoms with Crippen molar-refractivity contribution in [3.05, 3.63) is 83.9 Å². The lowest BCUT2D eigenvalue weighted by Gasteiger charge is -2.30. The SMILES string of the molecule is Cc1cccc(OCCCN2C(=O)COc3ccc(NC(=O)Cc4ccccc4)cc32)c1. The molecule has 0 atom stereocenters. The largest absolute Gasteiger partial charge is 0.494 e. The van der Waals surface area contributed by atoms with E-state index in [1.165, 1.54) is 0 Å². The highest BCUT2D eigenvalue weighted by Gasteiger charge is 2.25. The molecule has 6 heteroatoms. The molecule has 0 aliphatic carbocycles. The Labute approximate surface area is 187 Å². The number of benzene rings is 3. The molecule has 3 aromatic rings. The number of anilines is 2. The molecule has 0 saturated heterocycles. The van der Waals surface area contributed by atoms with Crippen molar-refractivity contribution in [2.45, 2.75) is 19.8 Å². The lowest BCUT2D eigenvalue weighted by molar-refractivity contribution is -0.121. The van der Waals surface area contributed by atoms with Crippen LogP contribution in [0.1, 0.15) is 17.5 Å². The van der Waals surface area contributed by atoms with E-state index in [0.717, 1.165) is 16.9 Å². The van der Waals surface area contributed by atoms with Gasteiger partial charge < -0.3 is 19.7 Å². The predicted molar refractivity (Wildman–Crippen MR) is 124 cm³/mol. The lowest BCUT2D eigenvalue weighted by atomic mass is 10.1. The van der Waals surface area contributed by atoms with Crippen molar-refractivity contribution in [2.24, 2.45) is 0 Å². The van der Waals surface area contributed by atoms with E-state index in [1.807, 2.05) is 61.5 Å². The van der Waals surface area contributed by atoms with Crippen LogP contribution in [-0.4, -0.2) is 31.6 Å². The van der Waals surface area contributed by atoms with Crippen molar-refractivity contribution < 1.29 is 19.1 Å². The van der Waals surface area contributed by atoms with Crippen LogP contribution in [0.2, 0.25) is 0 Å². The highest BCUT2D eigenvalue weighted by Crippen LogP contribution is 2.34. The summed E-state index contributed by atoms with van der Waals surface area (Å²) in [4.78, 5) is 26.6. The topological polar surface area (TPSA) is 67.9 Å². The number of amides is 2. The third-order valence-corrected chi connectivity index (χ3v) is 5.18. The van der Waals surface area contributed by atoms with E-state index in [1.54, 1.807) is 23.1 Å². The Morgan fingerprint density at radius 1 is 1.06 bits per heavy atom. The Hall–Kier alpha value is -3.80. The van der Waals surface area contributed by atoms with Gasteiger partial charge >= 0.3 is 0 Å². The molecule has 0 spiro atoms. The molecule has 1 aliphatic heterocycles. The number of aryl methyl sites for hydroxylation is 1. The first-order valence-corrected chi connectivity index (χ1v) is 10.7. The molecule has 0 saturated carbocycles. The molecule has 2 amide bonds. The van der Waals surface area contributed by atoms with Crippen LogP contribution < -0.4 is 19.7 Å².